The SMILES string of the molecule is CCN(C)C(=O)Nc1cc(C(=O)O)c(F)cc1F. The molecule has 7 heteroatoms. The van der Waals surface area contributed by atoms with Crippen LogP contribution in [0.5, 0.6) is 0 Å². The first-order valence-corrected chi connectivity index (χ1v) is 5.11. The minimum atomic E-state index is -1.54. The number of nitrogens with zero attached hydrogens (tertiary/aromatic N) is 1. The van der Waals surface area contributed by atoms with Crippen molar-refractivity contribution in [1.82, 2.24) is 4.90 Å². The van der Waals surface area contributed by atoms with Gasteiger partial charge in [-0.05, 0) is 13.0 Å². The Labute approximate surface area is 102 Å². The fraction of sp³-hybridized carbons (Fsp3) is 0.273. The van der Waals surface area contributed by atoms with Crippen LogP contribution in [0.3, 0.4) is 0 Å². The maximum atomic E-state index is 13.4. The van der Waals surface area contributed by atoms with E-state index in [1.54, 1.807) is 6.92 Å². The maximum Gasteiger partial charge on any atom is 0.338 e. The zero-order chi connectivity index (χ0) is 13.9. The van der Waals surface area contributed by atoms with Gasteiger partial charge in [-0.1, -0.05) is 0 Å². The lowest BCUT2D eigenvalue weighted by atomic mass is 10.2. The fourth-order valence-electron chi connectivity index (χ4n) is 1.16. The van der Waals surface area contributed by atoms with Crippen LogP contribution in [-0.2, 0) is 0 Å². The normalized spacial score (nSPS) is 10.0. The topological polar surface area (TPSA) is 69.6 Å². The van der Waals surface area contributed by atoms with Crippen molar-refractivity contribution in [3.05, 3.63) is 29.3 Å². The molecule has 2 N–H and O–H groups in total. The van der Waals surface area contributed by atoms with Gasteiger partial charge in [-0.25, -0.2) is 18.4 Å². The number of benzene rings is 1. The van der Waals surface area contributed by atoms with Crippen molar-refractivity contribution in [3.8, 4) is 0 Å². The van der Waals surface area contributed by atoms with Gasteiger partial charge in [-0.15, -0.1) is 0 Å². The highest BCUT2D eigenvalue weighted by atomic mass is 19.1. The second-order valence-corrected chi connectivity index (χ2v) is 3.56. The number of aromatic carboxylic acids is 1. The number of urea groups is 1. The van der Waals surface area contributed by atoms with Crippen molar-refractivity contribution in [2.45, 2.75) is 6.92 Å². The third-order valence-corrected chi connectivity index (χ3v) is 2.35. The molecule has 0 spiro atoms. The lowest BCUT2D eigenvalue weighted by molar-refractivity contribution is 0.0692. The summed E-state index contributed by atoms with van der Waals surface area (Å²) in [6.07, 6.45) is 0. The largest absolute Gasteiger partial charge is 0.478 e. The van der Waals surface area contributed by atoms with Crippen LogP contribution in [0.2, 0.25) is 0 Å². The van der Waals surface area contributed by atoms with E-state index in [1.165, 1.54) is 11.9 Å². The van der Waals surface area contributed by atoms with Gasteiger partial charge in [0.2, 0.25) is 0 Å². The van der Waals surface area contributed by atoms with Gasteiger partial charge >= 0.3 is 12.0 Å². The summed E-state index contributed by atoms with van der Waals surface area (Å²) in [5, 5.41) is 10.9. The number of carboxylic acids is 1. The Morgan fingerprint density at radius 1 is 1.33 bits per heavy atom. The van der Waals surface area contributed by atoms with Gasteiger partial charge in [0.05, 0.1) is 11.3 Å². The number of rotatable bonds is 3. The Morgan fingerprint density at radius 2 is 1.94 bits per heavy atom. The van der Waals surface area contributed by atoms with Crippen molar-refractivity contribution < 1.29 is 23.5 Å². The Balaban J connectivity index is 3.06. The van der Waals surface area contributed by atoms with E-state index in [4.69, 9.17) is 5.11 Å². The van der Waals surface area contributed by atoms with Gasteiger partial charge in [-0.2, -0.15) is 0 Å². The highest BCUT2D eigenvalue weighted by molar-refractivity contribution is 5.93. The molecule has 0 bridgehead atoms. The lowest BCUT2D eigenvalue weighted by Crippen LogP contribution is -2.31. The van der Waals surface area contributed by atoms with Gasteiger partial charge in [-0.3, -0.25) is 0 Å². The number of hydrogen-bond acceptors (Lipinski definition) is 2. The summed E-state index contributed by atoms with van der Waals surface area (Å²) in [5.41, 5.74) is -1.08. The van der Waals surface area contributed by atoms with Crippen LogP contribution in [0.25, 0.3) is 0 Å². The zero-order valence-corrected chi connectivity index (χ0v) is 9.83. The Kier molecular flexibility index (Phi) is 4.19. The predicted octanol–water partition coefficient (Wildman–Crippen LogP) is 2.15. The number of nitrogens with one attached hydrogen (secondary N) is 1. The first-order valence-electron chi connectivity index (χ1n) is 5.11. The number of halogens is 2. The summed E-state index contributed by atoms with van der Waals surface area (Å²) in [4.78, 5) is 23.4. The number of carbonyl (C=O) groups is 2. The monoisotopic (exact) mass is 258 g/mol. The molecule has 0 aliphatic heterocycles. The molecule has 0 unspecified atom stereocenters. The molecule has 5 nitrogen and oxygen atoms in total. The molecule has 0 aliphatic rings. The van der Waals surface area contributed by atoms with Crippen LogP contribution >= 0.6 is 0 Å². The average molecular weight is 258 g/mol. The number of hydrogen-bond donors (Lipinski definition) is 2. The highest BCUT2D eigenvalue weighted by Gasteiger charge is 2.17. The van der Waals surface area contributed by atoms with Crippen molar-refractivity contribution in [2.75, 3.05) is 18.9 Å². The lowest BCUT2D eigenvalue weighted by Gasteiger charge is -2.16. The van der Waals surface area contributed by atoms with Crippen LogP contribution < -0.4 is 5.32 Å². The molecule has 0 fully saturated rings. The molecule has 2 amide bonds. The van der Waals surface area contributed by atoms with E-state index < -0.39 is 29.2 Å². The van der Waals surface area contributed by atoms with Gasteiger partial charge in [0.25, 0.3) is 0 Å². The predicted molar refractivity (Wildman–Crippen MR) is 60.6 cm³/mol. The van der Waals surface area contributed by atoms with Crippen LogP contribution in [0, 0.1) is 11.6 Å². The van der Waals surface area contributed by atoms with E-state index in [0.717, 1.165) is 6.07 Å². The number of carbonyl (C=O) groups excluding carboxylic acids is 1. The molecule has 18 heavy (non-hydrogen) atoms. The molecule has 0 radical (unpaired) electrons. The van der Waals surface area contributed by atoms with Crippen molar-refractivity contribution >= 4 is 17.7 Å². The van der Waals surface area contributed by atoms with Crippen LogP contribution in [0.1, 0.15) is 17.3 Å². The van der Waals surface area contributed by atoms with E-state index in [-0.39, 0.29) is 5.69 Å². The second-order valence-electron chi connectivity index (χ2n) is 3.56. The van der Waals surface area contributed by atoms with E-state index >= 15 is 0 Å². The first-order chi connectivity index (χ1) is 8.36. The smallest absolute Gasteiger partial charge is 0.338 e. The molecule has 0 aromatic heterocycles. The minimum Gasteiger partial charge on any atom is -0.478 e. The zero-order valence-electron chi connectivity index (χ0n) is 9.83. The van der Waals surface area contributed by atoms with Crippen molar-refractivity contribution in [1.29, 1.82) is 0 Å². The minimum absolute atomic E-state index is 0.376. The van der Waals surface area contributed by atoms with Crippen molar-refractivity contribution in [2.24, 2.45) is 0 Å². The number of carboxylic acid groups (broad SMARTS) is 1. The standard InChI is InChI=1S/C11H12F2N2O3/c1-3-15(2)11(18)14-9-4-6(10(16)17)7(12)5-8(9)13/h4-5H,3H2,1-2H3,(H,14,18)(H,16,17). The second kappa shape index (κ2) is 5.44. The average Bonchev–Trinajstić information content (AvgIpc) is 2.30. The highest BCUT2D eigenvalue weighted by Crippen LogP contribution is 2.20. The Morgan fingerprint density at radius 3 is 2.44 bits per heavy atom. The maximum absolute atomic E-state index is 13.4. The molecule has 0 atom stereocenters. The summed E-state index contributed by atoms with van der Waals surface area (Å²) >= 11 is 0. The quantitative estimate of drug-likeness (QED) is 0.872. The van der Waals surface area contributed by atoms with Gasteiger partial charge in [0.15, 0.2) is 0 Å². The summed E-state index contributed by atoms with van der Waals surface area (Å²) in [6, 6.07) is 0.554. The summed E-state index contributed by atoms with van der Waals surface area (Å²) in [5.74, 6) is -3.76. The van der Waals surface area contributed by atoms with Crippen molar-refractivity contribution in [3.63, 3.8) is 0 Å². The summed E-state index contributed by atoms with van der Waals surface area (Å²) < 4.78 is 26.5. The first kappa shape index (κ1) is 13.9. The molecule has 0 aliphatic carbocycles. The van der Waals surface area contributed by atoms with E-state index in [9.17, 15) is 18.4 Å². The number of anilines is 1. The molecule has 0 heterocycles. The molecule has 98 valence electrons. The molecular weight excluding hydrogens is 246 g/mol. The van der Waals surface area contributed by atoms with E-state index in [2.05, 4.69) is 5.32 Å². The molecule has 0 saturated carbocycles. The molecule has 1 aromatic rings. The van der Waals surface area contributed by atoms with E-state index in [0.29, 0.717) is 12.6 Å². The van der Waals surface area contributed by atoms with E-state index in [1.807, 2.05) is 0 Å². The fourth-order valence-corrected chi connectivity index (χ4v) is 1.16. The van der Waals surface area contributed by atoms with Gasteiger partial charge in [0, 0.05) is 19.7 Å². The van der Waals surface area contributed by atoms with Crippen LogP contribution in [0.15, 0.2) is 12.1 Å². The third-order valence-electron chi connectivity index (χ3n) is 2.35. The molecule has 1 aromatic carbocycles. The van der Waals surface area contributed by atoms with Crippen LogP contribution in [-0.4, -0.2) is 35.6 Å². The molecular formula is C11H12F2N2O3. The van der Waals surface area contributed by atoms with Gasteiger partial charge < -0.3 is 15.3 Å². The number of amides is 2. The van der Waals surface area contributed by atoms with Gasteiger partial charge in [0.1, 0.15) is 11.6 Å². The third kappa shape index (κ3) is 2.93. The molecule has 1 rings (SSSR count). The Hall–Kier alpha value is -2.18. The Bertz CT molecular complexity index is 491. The molecule has 0 saturated heterocycles. The summed E-state index contributed by atoms with van der Waals surface area (Å²) in [7, 11) is 1.48. The summed E-state index contributed by atoms with van der Waals surface area (Å²) in [6.45, 7) is 2.10. The van der Waals surface area contributed by atoms with Crippen LogP contribution in [0.4, 0.5) is 19.3 Å².